The number of methoxy groups -OCH3 is 1. The zero-order valence-electron chi connectivity index (χ0n) is 10.3. The molecular formula is C11H18ClN3O2. The topological polar surface area (TPSA) is 67.3 Å². The number of rotatable bonds is 6. The van der Waals surface area contributed by atoms with Crippen molar-refractivity contribution in [2.75, 3.05) is 19.0 Å². The fourth-order valence-corrected chi connectivity index (χ4v) is 1.39. The number of aliphatic hydroxyl groups is 1. The van der Waals surface area contributed by atoms with Crippen LogP contribution in [0.1, 0.15) is 19.7 Å². The Morgan fingerprint density at radius 2 is 2.18 bits per heavy atom. The zero-order valence-corrected chi connectivity index (χ0v) is 11.0. The molecule has 1 unspecified atom stereocenters. The Balaban J connectivity index is 2.64. The number of halogens is 1. The average Bonchev–Trinajstić information content (AvgIpc) is 2.25. The molecule has 1 aromatic rings. The first-order chi connectivity index (χ1) is 8.02. The Hall–Kier alpha value is -0.910. The summed E-state index contributed by atoms with van der Waals surface area (Å²) in [6.45, 7) is 4.64. The van der Waals surface area contributed by atoms with E-state index in [0.717, 1.165) is 0 Å². The van der Waals surface area contributed by atoms with Crippen LogP contribution in [0.25, 0.3) is 0 Å². The Morgan fingerprint density at radius 3 is 2.76 bits per heavy atom. The highest BCUT2D eigenvalue weighted by atomic mass is 35.5. The molecule has 96 valence electrons. The van der Waals surface area contributed by atoms with Gasteiger partial charge < -0.3 is 15.2 Å². The van der Waals surface area contributed by atoms with Gasteiger partial charge in [-0.2, -0.15) is 0 Å². The first-order valence-corrected chi connectivity index (χ1v) is 5.85. The molecule has 1 aromatic heterocycles. The fourth-order valence-electron chi connectivity index (χ4n) is 1.19. The lowest BCUT2D eigenvalue weighted by atomic mass is 10.1. The van der Waals surface area contributed by atoms with E-state index in [1.54, 1.807) is 13.2 Å². The van der Waals surface area contributed by atoms with E-state index in [2.05, 4.69) is 15.3 Å². The molecule has 0 aromatic carbocycles. The lowest BCUT2D eigenvalue weighted by molar-refractivity contribution is 0.138. The van der Waals surface area contributed by atoms with Gasteiger partial charge in [-0.15, -0.1) is 0 Å². The SMILES string of the molecule is COCc1nc(Cl)cc(NCC(O)C(C)C)n1. The first-order valence-electron chi connectivity index (χ1n) is 5.47. The van der Waals surface area contributed by atoms with Crippen molar-refractivity contribution >= 4 is 17.4 Å². The Labute approximate surface area is 106 Å². The van der Waals surface area contributed by atoms with E-state index in [-0.39, 0.29) is 5.92 Å². The summed E-state index contributed by atoms with van der Waals surface area (Å²) in [5, 5.41) is 13.0. The van der Waals surface area contributed by atoms with Gasteiger partial charge in [0.2, 0.25) is 0 Å². The number of hydrogen-bond acceptors (Lipinski definition) is 5. The second-order valence-corrected chi connectivity index (χ2v) is 4.50. The van der Waals surface area contributed by atoms with E-state index in [1.807, 2.05) is 13.8 Å². The van der Waals surface area contributed by atoms with Gasteiger partial charge >= 0.3 is 0 Å². The third-order valence-electron chi connectivity index (χ3n) is 2.28. The van der Waals surface area contributed by atoms with Crippen LogP contribution in [0.2, 0.25) is 5.15 Å². The molecule has 0 saturated heterocycles. The van der Waals surface area contributed by atoms with Crippen LogP contribution < -0.4 is 5.32 Å². The van der Waals surface area contributed by atoms with Gasteiger partial charge in [-0.3, -0.25) is 0 Å². The van der Waals surface area contributed by atoms with Crippen molar-refractivity contribution in [1.29, 1.82) is 0 Å². The molecule has 1 atom stereocenters. The van der Waals surface area contributed by atoms with Gasteiger partial charge in [0.1, 0.15) is 17.6 Å². The van der Waals surface area contributed by atoms with Crippen LogP contribution in [0, 0.1) is 5.92 Å². The summed E-state index contributed by atoms with van der Waals surface area (Å²) in [4.78, 5) is 8.22. The molecule has 0 fully saturated rings. The Bertz CT molecular complexity index is 361. The largest absolute Gasteiger partial charge is 0.391 e. The van der Waals surface area contributed by atoms with E-state index in [1.165, 1.54) is 0 Å². The minimum atomic E-state index is -0.422. The van der Waals surface area contributed by atoms with Crippen LogP contribution in [0.4, 0.5) is 5.82 Å². The number of nitrogens with one attached hydrogen (secondary N) is 1. The number of ether oxygens (including phenoxy) is 1. The maximum Gasteiger partial charge on any atom is 0.158 e. The van der Waals surface area contributed by atoms with Crippen molar-refractivity contribution in [3.8, 4) is 0 Å². The van der Waals surface area contributed by atoms with E-state index in [0.29, 0.717) is 29.9 Å². The van der Waals surface area contributed by atoms with E-state index >= 15 is 0 Å². The number of anilines is 1. The molecule has 0 amide bonds. The molecule has 0 bridgehead atoms. The van der Waals surface area contributed by atoms with E-state index in [9.17, 15) is 5.11 Å². The van der Waals surface area contributed by atoms with Gasteiger partial charge in [0, 0.05) is 19.7 Å². The third-order valence-corrected chi connectivity index (χ3v) is 2.47. The molecule has 17 heavy (non-hydrogen) atoms. The summed E-state index contributed by atoms with van der Waals surface area (Å²) >= 11 is 5.85. The molecule has 0 aliphatic heterocycles. The van der Waals surface area contributed by atoms with Crippen molar-refractivity contribution < 1.29 is 9.84 Å². The first kappa shape index (κ1) is 14.2. The molecule has 0 radical (unpaired) electrons. The quantitative estimate of drug-likeness (QED) is 0.762. The Kier molecular flexibility index (Phi) is 5.61. The molecule has 0 aliphatic rings. The predicted octanol–water partition coefficient (Wildman–Crippen LogP) is 1.71. The van der Waals surface area contributed by atoms with Crippen LogP contribution in [-0.2, 0) is 11.3 Å². The minimum absolute atomic E-state index is 0.193. The summed E-state index contributed by atoms with van der Waals surface area (Å²) in [7, 11) is 1.57. The van der Waals surface area contributed by atoms with Crippen molar-refractivity contribution in [3.63, 3.8) is 0 Å². The second kappa shape index (κ2) is 6.74. The van der Waals surface area contributed by atoms with Gasteiger partial charge in [-0.05, 0) is 5.92 Å². The number of nitrogens with zero attached hydrogens (tertiary/aromatic N) is 2. The Morgan fingerprint density at radius 1 is 1.47 bits per heavy atom. The van der Waals surface area contributed by atoms with Gasteiger partial charge in [0.05, 0.1) is 6.10 Å². The molecule has 2 N–H and O–H groups in total. The minimum Gasteiger partial charge on any atom is -0.391 e. The molecule has 0 aliphatic carbocycles. The lowest BCUT2D eigenvalue weighted by Gasteiger charge is -2.15. The van der Waals surface area contributed by atoms with Crippen molar-refractivity contribution in [2.45, 2.75) is 26.6 Å². The van der Waals surface area contributed by atoms with Crippen LogP contribution >= 0.6 is 11.6 Å². The van der Waals surface area contributed by atoms with Crippen molar-refractivity contribution in [3.05, 3.63) is 17.0 Å². The highest BCUT2D eigenvalue weighted by Gasteiger charge is 2.09. The summed E-state index contributed by atoms with van der Waals surface area (Å²) < 4.78 is 4.94. The van der Waals surface area contributed by atoms with Crippen molar-refractivity contribution in [2.24, 2.45) is 5.92 Å². The second-order valence-electron chi connectivity index (χ2n) is 4.12. The maximum atomic E-state index is 9.67. The maximum absolute atomic E-state index is 9.67. The molecule has 0 saturated carbocycles. The molecule has 1 rings (SSSR count). The normalized spacial score (nSPS) is 12.8. The van der Waals surface area contributed by atoms with E-state index in [4.69, 9.17) is 16.3 Å². The smallest absolute Gasteiger partial charge is 0.158 e. The van der Waals surface area contributed by atoms with Gasteiger partial charge in [-0.25, -0.2) is 9.97 Å². The van der Waals surface area contributed by atoms with Crippen LogP contribution in [0.15, 0.2) is 6.07 Å². The van der Waals surface area contributed by atoms with Crippen molar-refractivity contribution in [1.82, 2.24) is 9.97 Å². The third kappa shape index (κ3) is 4.85. The molecular weight excluding hydrogens is 242 g/mol. The lowest BCUT2D eigenvalue weighted by Crippen LogP contribution is -2.25. The molecule has 6 heteroatoms. The van der Waals surface area contributed by atoms with Crippen LogP contribution in [-0.4, -0.2) is 34.8 Å². The fraction of sp³-hybridized carbons (Fsp3) is 0.636. The summed E-state index contributed by atoms with van der Waals surface area (Å²) in [6, 6.07) is 1.62. The molecule has 5 nitrogen and oxygen atoms in total. The van der Waals surface area contributed by atoms with Gasteiger partial charge in [0.25, 0.3) is 0 Å². The summed E-state index contributed by atoms with van der Waals surface area (Å²) in [5.41, 5.74) is 0. The van der Waals surface area contributed by atoms with E-state index < -0.39 is 6.10 Å². The number of aliphatic hydroxyl groups excluding tert-OH is 1. The summed E-state index contributed by atoms with van der Waals surface area (Å²) in [5.74, 6) is 1.30. The van der Waals surface area contributed by atoms with Gasteiger partial charge in [-0.1, -0.05) is 25.4 Å². The number of hydrogen-bond donors (Lipinski definition) is 2. The zero-order chi connectivity index (χ0) is 12.8. The van der Waals surface area contributed by atoms with Gasteiger partial charge in [0.15, 0.2) is 5.82 Å². The average molecular weight is 260 g/mol. The monoisotopic (exact) mass is 259 g/mol. The van der Waals surface area contributed by atoms with Crippen LogP contribution in [0.5, 0.6) is 0 Å². The molecule has 0 spiro atoms. The molecule has 1 heterocycles. The highest BCUT2D eigenvalue weighted by molar-refractivity contribution is 6.29. The predicted molar refractivity (Wildman–Crippen MR) is 67.1 cm³/mol. The standard InChI is InChI=1S/C11H18ClN3O2/c1-7(2)8(16)5-13-10-4-9(12)14-11(15-10)6-17-3/h4,7-8,16H,5-6H2,1-3H3,(H,13,14,15). The summed E-state index contributed by atoms with van der Waals surface area (Å²) in [6.07, 6.45) is -0.422. The van der Waals surface area contributed by atoms with Crippen LogP contribution in [0.3, 0.4) is 0 Å². The number of aromatic nitrogens is 2. The highest BCUT2D eigenvalue weighted by Crippen LogP contribution is 2.12.